The Labute approximate surface area is 80.1 Å². The van der Waals surface area contributed by atoms with E-state index in [2.05, 4.69) is 33.0 Å². The molecular weight excluding hydrogens is 164 g/mol. The average Bonchev–Trinajstić information content (AvgIpc) is 2.39. The Morgan fingerprint density at radius 1 is 1.31 bits per heavy atom. The van der Waals surface area contributed by atoms with Crippen LogP contribution in [0, 0.1) is 16.7 Å². The molecule has 0 aliphatic heterocycles. The molecule has 1 amide bonds. The first-order valence-corrected chi connectivity index (χ1v) is 4.83. The zero-order valence-electron chi connectivity index (χ0n) is 8.98. The van der Waals surface area contributed by atoms with Gasteiger partial charge in [0.05, 0.1) is 0 Å². The number of hydrogen-bond donors (Lipinski definition) is 2. The average molecular weight is 184 g/mol. The molecular formula is C10H20N2O. The summed E-state index contributed by atoms with van der Waals surface area (Å²) in [6.45, 7) is 9.65. The molecule has 1 saturated carbocycles. The molecule has 0 atom stereocenters. The van der Waals surface area contributed by atoms with Gasteiger partial charge in [0.25, 0.3) is 0 Å². The van der Waals surface area contributed by atoms with E-state index in [4.69, 9.17) is 5.73 Å². The number of hydrogen-bond acceptors (Lipinski definition) is 2. The molecule has 13 heavy (non-hydrogen) atoms. The van der Waals surface area contributed by atoms with E-state index in [1.165, 1.54) is 0 Å². The number of rotatable bonds is 3. The SMILES string of the molecule is CC1(C)C(C(=O)NCCN)C1(C)C. The molecule has 0 spiro atoms. The molecule has 0 radical (unpaired) electrons. The van der Waals surface area contributed by atoms with Crippen LogP contribution in [0.25, 0.3) is 0 Å². The van der Waals surface area contributed by atoms with Crippen LogP contribution >= 0.6 is 0 Å². The summed E-state index contributed by atoms with van der Waals surface area (Å²) in [5, 5.41) is 2.84. The van der Waals surface area contributed by atoms with Crippen LogP contribution in [0.15, 0.2) is 0 Å². The number of amides is 1. The standard InChI is InChI=1S/C10H20N2O/c1-9(2)7(10(9,3)4)8(13)12-6-5-11/h7H,5-6,11H2,1-4H3,(H,12,13). The summed E-state index contributed by atoms with van der Waals surface area (Å²) in [7, 11) is 0. The van der Waals surface area contributed by atoms with Crippen molar-refractivity contribution in [1.29, 1.82) is 0 Å². The molecule has 3 N–H and O–H groups in total. The molecule has 0 aromatic rings. The molecule has 3 nitrogen and oxygen atoms in total. The highest BCUT2D eigenvalue weighted by atomic mass is 16.2. The van der Waals surface area contributed by atoms with Gasteiger partial charge in [-0.3, -0.25) is 4.79 Å². The van der Waals surface area contributed by atoms with E-state index in [9.17, 15) is 4.79 Å². The monoisotopic (exact) mass is 184 g/mol. The fourth-order valence-corrected chi connectivity index (χ4v) is 2.15. The maximum Gasteiger partial charge on any atom is 0.224 e. The van der Waals surface area contributed by atoms with E-state index in [0.29, 0.717) is 13.1 Å². The van der Waals surface area contributed by atoms with Crippen molar-refractivity contribution >= 4 is 5.91 Å². The van der Waals surface area contributed by atoms with Gasteiger partial charge in [0.2, 0.25) is 5.91 Å². The van der Waals surface area contributed by atoms with Gasteiger partial charge in [0.15, 0.2) is 0 Å². The molecule has 0 heterocycles. The van der Waals surface area contributed by atoms with Crippen LogP contribution in [0.4, 0.5) is 0 Å². The highest BCUT2D eigenvalue weighted by Crippen LogP contribution is 2.68. The van der Waals surface area contributed by atoms with Gasteiger partial charge in [-0.1, -0.05) is 27.7 Å². The summed E-state index contributed by atoms with van der Waals surface area (Å²) in [6, 6.07) is 0. The summed E-state index contributed by atoms with van der Waals surface area (Å²) in [5.41, 5.74) is 5.58. The molecule has 3 heteroatoms. The number of carbonyl (C=O) groups is 1. The fraction of sp³-hybridized carbons (Fsp3) is 0.900. The fourth-order valence-electron chi connectivity index (χ4n) is 2.15. The minimum atomic E-state index is 0.131. The van der Waals surface area contributed by atoms with Crippen molar-refractivity contribution in [3.8, 4) is 0 Å². The predicted octanol–water partition coefficient (Wildman–Crippen LogP) is 0.743. The quantitative estimate of drug-likeness (QED) is 0.680. The first kappa shape index (κ1) is 10.5. The van der Waals surface area contributed by atoms with Crippen molar-refractivity contribution in [2.24, 2.45) is 22.5 Å². The number of nitrogens with one attached hydrogen (secondary N) is 1. The predicted molar refractivity (Wildman–Crippen MR) is 53.1 cm³/mol. The first-order valence-electron chi connectivity index (χ1n) is 4.83. The zero-order chi connectivity index (χ0) is 10.3. The van der Waals surface area contributed by atoms with E-state index < -0.39 is 0 Å². The molecule has 1 rings (SSSR count). The minimum absolute atomic E-state index is 0.131. The maximum absolute atomic E-state index is 11.6. The second kappa shape index (κ2) is 2.98. The summed E-state index contributed by atoms with van der Waals surface area (Å²) >= 11 is 0. The van der Waals surface area contributed by atoms with Crippen molar-refractivity contribution in [2.45, 2.75) is 27.7 Å². The summed E-state index contributed by atoms with van der Waals surface area (Å²) < 4.78 is 0. The van der Waals surface area contributed by atoms with E-state index in [0.717, 1.165) is 0 Å². The third kappa shape index (κ3) is 1.46. The Hall–Kier alpha value is -0.570. The number of carbonyl (C=O) groups excluding carboxylic acids is 1. The van der Waals surface area contributed by atoms with Crippen molar-refractivity contribution < 1.29 is 4.79 Å². The van der Waals surface area contributed by atoms with Gasteiger partial charge < -0.3 is 11.1 Å². The van der Waals surface area contributed by atoms with E-state index in [-0.39, 0.29) is 22.7 Å². The molecule has 0 bridgehead atoms. The lowest BCUT2D eigenvalue weighted by Crippen LogP contribution is -2.31. The molecule has 0 aromatic heterocycles. The van der Waals surface area contributed by atoms with Crippen LogP contribution in [0.2, 0.25) is 0 Å². The van der Waals surface area contributed by atoms with Crippen LogP contribution in [-0.4, -0.2) is 19.0 Å². The Kier molecular flexibility index (Phi) is 2.41. The van der Waals surface area contributed by atoms with E-state index >= 15 is 0 Å². The summed E-state index contributed by atoms with van der Waals surface area (Å²) in [4.78, 5) is 11.6. The van der Waals surface area contributed by atoms with Gasteiger partial charge in [-0.05, 0) is 10.8 Å². The third-order valence-electron chi connectivity index (χ3n) is 3.73. The molecule has 0 aromatic carbocycles. The van der Waals surface area contributed by atoms with E-state index in [1.54, 1.807) is 0 Å². The summed E-state index contributed by atoms with van der Waals surface area (Å²) in [6.07, 6.45) is 0. The Morgan fingerprint density at radius 3 is 2.08 bits per heavy atom. The second-order valence-electron chi connectivity index (χ2n) is 4.96. The first-order chi connectivity index (χ1) is 5.85. The lowest BCUT2D eigenvalue weighted by molar-refractivity contribution is -0.123. The molecule has 0 saturated heterocycles. The topological polar surface area (TPSA) is 55.1 Å². The van der Waals surface area contributed by atoms with Crippen molar-refractivity contribution in [3.05, 3.63) is 0 Å². The summed E-state index contributed by atoms with van der Waals surface area (Å²) in [5.74, 6) is 0.298. The van der Waals surface area contributed by atoms with Gasteiger partial charge in [0, 0.05) is 19.0 Å². The Balaban J connectivity index is 2.53. The van der Waals surface area contributed by atoms with E-state index in [1.807, 2.05) is 0 Å². The van der Waals surface area contributed by atoms with Gasteiger partial charge in [-0.25, -0.2) is 0 Å². The van der Waals surface area contributed by atoms with Crippen molar-refractivity contribution in [2.75, 3.05) is 13.1 Å². The molecule has 1 fully saturated rings. The molecule has 76 valence electrons. The highest BCUT2D eigenvalue weighted by molar-refractivity contribution is 5.84. The van der Waals surface area contributed by atoms with Crippen LogP contribution in [0.1, 0.15) is 27.7 Å². The van der Waals surface area contributed by atoms with Gasteiger partial charge >= 0.3 is 0 Å². The van der Waals surface area contributed by atoms with Crippen LogP contribution in [-0.2, 0) is 4.79 Å². The van der Waals surface area contributed by atoms with Crippen LogP contribution in [0.3, 0.4) is 0 Å². The lowest BCUT2D eigenvalue weighted by Gasteiger charge is -2.03. The van der Waals surface area contributed by atoms with Crippen LogP contribution in [0.5, 0.6) is 0 Å². The van der Waals surface area contributed by atoms with Gasteiger partial charge in [-0.15, -0.1) is 0 Å². The highest BCUT2D eigenvalue weighted by Gasteiger charge is 2.68. The number of nitrogens with two attached hydrogens (primary N) is 1. The molecule has 0 unspecified atom stereocenters. The smallest absolute Gasteiger partial charge is 0.224 e. The second-order valence-corrected chi connectivity index (χ2v) is 4.96. The van der Waals surface area contributed by atoms with Crippen molar-refractivity contribution in [1.82, 2.24) is 5.32 Å². The maximum atomic E-state index is 11.6. The molecule has 1 aliphatic carbocycles. The largest absolute Gasteiger partial charge is 0.355 e. The molecule has 1 aliphatic rings. The third-order valence-corrected chi connectivity index (χ3v) is 3.73. The van der Waals surface area contributed by atoms with Gasteiger partial charge in [-0.2, -0.15) is 0 Å². The minimum Gasteiger partial charge on any atom is -0.355 e. The van der Waals surface area contributed by atoms with Crippen molar-refractivity contribution in [3.63, 3.8) is 0 Å². The van der Waals surface area contributed by atoms with Gasteiger partial charge in [0.1, 0.15) is 0 Å². The Bertz CT molecular complexity index is 207. The normalized spacial score (nSPS) is 24.1. The lowest BCUT2D eigenvalue weighted by atomic mass is 10.0. The Morgan fingerprint density at radius 2 is 1.77 bits per heavy atom. The zero-order valence-corrected chi connectivity index (χ0v) is 8.98. The van der Waals surface area contributed by atoms with Crippen LogP contribution < -0.4 is 11.1 Å².